The maximum Gasteiger partial charge on any atom is 0.263 e. The van der Waals surface area contributed by atoms with E-state index in [1.165, 1.54) is 18.3 Å². The molecule has 2 aromatic rings. The van der Waals surface area contributed by atoms with E-state index in [2.05, 4.69) is 9.71 Å². The Morgan fingerprint density at radius 1 is 1.19 bits per heavy atom. The van der Waals surface area contributed by atoms with E-state index in [-0.39, 0.29) is 10.0 Å². The third-order valence-electron chi connectivity index (χ3n) is 2.59. The molecular formula is C14H15ClN2O3S. The molecule has 1 N–H and O–H groups in total. The van der Waals surface area contributed by atoms with Crippen molar-refractivity contribution < 1.29 is 13.2 Å². The number of halogens is 1. The zero-order valence-corrected chi connectivity index (χ0v) is 13.0. The van der Waals surface area contributed by atoms with Crippen LogP contribution in [0.2, 0.25) is 5.15 Å². The second-order valence-corrected chi connectivity index (χ2v) is 6.36. The monoisotopic (exact) mass is 326 g/mol. The Hall–Kier alpha value is -1.79. The van der Waals surface area contributed by atoms with Gasteiger partial charge in [-0.2, -0.15) is 0 Å². The van der Waals surface area contributed by atoms with Crippen LogP contribution in [0.3, 0.4) is 0 Å². The SMILES string of the molecule is CCCOc1ccc(NS(=O)(=O)c2ccc(Cl)nc2)cc1. The van der Waals surface area contributed by atoms with Crippen LogP contribution in [-0.4, -0.2) is 20.0 Å². The summed E-state index contributed by atoms with van der Waals surface area (Å²) in [4.78, 5) is 3.82. The summed E-state index contributed by atoms with van der Waals surface area (Å²) < 4.78 is 32.2. The third kappa shape index (κ3) is 4.34. The highest BCUT2D eigenvalue weighted by molar-refractivity contribution is 7.92. The van der Waals surface area contributed by atoms with Crippen molar-refractivity contribution in [3.05, 3.63) is 47.7 Å². The molecule has 1 aromatic heterocycles. The van der Waals surface area contributed by atoms with Gasteiger partial charge in [0.25, 0.3) is 10.0 Å². The fourth-order valence-electron chi connectivity index (χ4n) is 1.57. The number of hydrogen-bond acceptors (Lipinski definition) is 4. The highest BCUT2D eigenvalue weighted by Crippen LogP contribution is 2.19. The van der Waals surface area contributed by atoms with Gasteiger partial charge in [-0.15, -0.1) is 0 Å². The molecule has 0 amide bonds. The third-order valence-corrected chi connectivity index (χ3v) is 4.18. The molecular weight excluding hydrogens is 312 g/mol. The van der Waals surface area contributed by atoms with E-state index in [1.54, 1.807) is 24.3 Å². The minimum Gasteiger partial charge on any atom is -0.494 e. The fourth-order valence-corrected chi connectivity index (χ4v) is 2.69. The smallest absolute Gasteiger partial charge is 0.263 e. The van der Waals surface area contributed by atoms with Crippen LogP contribution in [0.15, 0.2) is 47.5 Å². The van der Waals surface area contributed by atoms with E-state index < -0.39 is 10.0 Å². The first-order valence-corrected chi connectivity index (χ1v) is 8.24. The van der Waals surface area contributed by atoms with Crippen molar-refractivity contribution in [2.24, 2.45) is 0 Å². The van der Waals surface area contributed by atoms with Gasteiger partial charge in [-0.25, -0.2) is 13.4 Å². The van der Waals surface area contributed by atoms with Gasteiger partial charge in [-0.3, -0.25) is 4.72 Å². The zero-order chi connectivity index (χ0) is 15.3. The van der Waals surface area contributed by atoms with Gasteiger partial charge in [-0.1, -0.05) is 18.5 Å². The molecule has 0 radical (unpaired) electrons. The number of rotatable bonds is 6. The van der Waals surface area contributed by atoms with Crippen molar-refractivity contribution in [3.8, 4) is 5.75 Å². The van der Waals surface area contributed by atoms with Gasteiger partial charge < -0.3 is 4.74 Å². The summed E-state index contributed by atoms with van der Waals surface area (Å²) in [6.45, 7) is 2.64. The Bertz CT molecular complexity index is 685. The summed E-state index contributed by atoms with van der Waals surface area (Å²) in [7, 11) is -3.67. The average Bonchev–Trinajstić information content (AvgIpc) is 2.47. The number of pyridine rings is 1. The van der Waals surface area contributed by atoms with Gasteiger partial charge in [0.2, 0.25) is 0 Å². The number of nitrogens with zero attached hydrogens (tertiary/aromatic N) is 1. The molecule has 112 valence electrons. The second kappa shape index (κ2) is 6.78. The Morgan fingerprint density at radius 3 is 2.48 bits per heavy atom. The summed E-state index contributed by atoms with van der Waals surface area (Å²) in [5.41, 5.74) is 0.453. The van der Waals surface area contributed by atoms with Gasteiger partial charge in [0.05, 0.1) is 6.61 Å². The number of aromatic nitrogens is 1. The molecule has 0 aliphatic carbocycles. The lowest BCUT2D eigenvalue weighted by Crippen LogP contribution is -2.13. The maximum absolute atomic E-state index is 12.1. The number of benzene rings is 1. The molecule has 1 heterocycles. The highest BCUT2D eigenvalue weighted by atomic mass is 35.5. The molecule has 0 atom stereocenters. The number of sulfonamides is 1. The second-order valence-electron chi connectivity index (χ2n) is 4.29. The van der Waals surface area contributed by atoms with Crippen LogP contribution in [0.1, 0.15) is 13.3 Å². The summed E-state index contributed by atoms with van der Waals surface area (Å²) >= 11 is 5.64. The lowest BCUT2D eigenvalue weighted by atomic mass is 10.3. The first kappa shape index (κ1) is 15.6. The van der Waals surface area contributed by atoms with E-state index in [4.69, 9.17) is 16.3 Å². The summed E-state index contributed by atoms with van der Waals surface area (Å²) in [6, 6.07) is 9.55. The minimum absolute atomic E-state index is 0.0539. The van der Waals surface area contributed by atoms with Crippen molar-refractivity contribution in [3.63, 3.8) is 0 Å². The van der Waals surface area contributed by atoms with Crippen LogP contribution in [0.4, 0.5) is 5.69 Å². The number of nitrogens with one attached hydrogen (secondary N) is 1. The van der Waals surface area contributed by atoms with Crippen LogP contribution < -0.4 is 9.46 Å². The quantitative estimate of drug-likeness (QED) is 0.827. The van der Waals surface area contributed by atoms with Crippen LogP contribution in [-0.2, 0) is 10.0 Å². The highest BCUT2D eigenvalue weighted by Gasteiger charge is 2.14. The first-order valence-electron chi connectivity index (χ1n) is 6.38. The molecule has 0 saturated heterocycles. The van der Waals surface area contributed by atoms with Crippen molar-refractivity contribution in [1.82, 2.24) is 4.98 Å². The van der Waals surface area contributed by atoms with Gasteiger partial charge in [0.15, 0.2) is 0 Å². The van der Waals surface area contributed by atoms with Crippen LogP contribution >= 0.6 is 11.6 Å². The predicted molar refractivity (Wildman–Crippen MR) is 82.3 cm³/mol. The molecule has 0 spiro atoms. The number of ether oxygens (including phenoxy) is 1. The zero-order valence-electron chi connectivity index (χ0n) is 11.4. The summed E-state index contributed by atoms with van der Waals surface area (Å²) in [5.74, 6) is 0.702. The maximum atomic E-state index is 12.1. The Kier molecular flexibility index (Phi) is 5.03. The van der Waals surface area contributed by atoms with Crippen LogP contribution in [0.5, 0.6) is 5.75 Å². The number of hydrogen-bond donors (Lipinski definition) is 1. The summed E-state index contributed by atoms with van der Waals surface area (Å²) in [5, 5.41) is 0.242. The van der Waals surface area contributed by atoms with Crippen molar-refractivity contribution in [2.75, 3.05) is 11.3 Å². The Balaban J connectivity index is 2.11. The van der Waals surface area contributed by atoms with E-state index in [0.717, 1.165) is 6.42 Å². The molecule has 5 nitrogen and oxygen atoms in total. The molecule has 21 heavy (non-hydrogen) atoms. The molecule has 0 bridgehead atoms. The largest absolute Gasteiger partial charge is 0.494 e. The first-order chi connectivity index (χ1) is 10.0. The van der Waals surface area contributed by atoms with Crippen LogP contribution in [0, 0.1) is 0 Å². The Morgan fingerprint density at radius 2 is 1.90 bits per heavy atom. The van der Waals surface area contributed by atoms with Crippen molar-refractivity contribution in [1.29, 1.82) is 0 Å². The van der Waals surface area contributed by atoms with Gasteiger partial charge in [-0.05, 0) is 42.8 Å². The summed E-state index contributed by atoms with van der Waals surface area (Å²) in [6.07, 6.45) is 2.13. The van der Waals surface area contributed by atoms with Gasteiger partial charge in [0.1, 0.15) is 15.8 Å². The van der Waals surface area contributed by atoms with E-state index >= 15 is 0 Å². The lowest BCUT2D eigenvalue weighted by molar-refractivity contribution is 0.317. The molecule has 0 unspecified atom stereocenters. The lowest BCUT2D eigenvalue weighted by Gasteiger charge is -2.09. The molecule has 1 aromatic carbocycles. The fraction of sp³-hybridized carbons (Fsp3) is 0.214. The number of anilines is 1. The van der Waals surface area contributed by atoms with Crippen molar-refractivity contribution in [2.45, 2.75) is 18.2 Å². The van der Waals surface area contributed by atoms with Crippen molar-refractivity contribution >= 4 is 27.3 Å². The van der Waals surface area contributed by atoms with Crippen LogP contribution in [0.25, 0.3) is 0 Å². The molecule has 0 aliphatic heterocycles. The molecule has 7 heteroatoms. The average molecular weight is 327 g/mol. The van der Waals surface area contributed by atoms with E-state index in [1.807, 2.05) is 6.92 Å². The normalized spacial score (nSPS) is 11.1. The molecule has 2 rings (SSSR count). The topological polar surface area (TPSA) is 68.3 Å². The van der Waals surface area contributed by atoms with Gasteiger partial charge in [0, 0.05) is 11.9 Å². The molecule has 0 saturated carbocycles. The molecule has 0 fully saturated rings. The van der Waals surface area contributed by atoms with E-state index in [9.17, 15) is 8.42 Å². The standard InChI is InChI=1S/C14H15ClN2O3S/c1-2-9-20-12-5-3-11(4-6-12)17-21(18,19)13-7-8-14(15)16-10-13/h3-8,10,17H,2,9H2,1H3. The van der Waals surface area contributed by atoms with E-state index in [0.29, 0.717) is 18.0 Å². The molecule has 0 aliphatic rings. The minimum atomic E-state index is -3.67. The van der Waals surface area contributed by atoms with Gasteiger partial charge >= 0.3 is 0 Å². The predicted octanol–water partition coefficient (Wildman–Crippen LogP) is 3.32. The Labute approximate surface area is 129 Å².